The van der Waals surface area contributed by atoms with E-state index in [9.17, 15) is 14.9 Å². The summed E-state index contributed by atoms with van der Waals surface area (Å²) in [4.78, 5) is 20.3. The van der Waals surface area contributed by atoms with Crippen molar-refractivity contribution in [2.45, 2.75) is 12.5 Å². The van der Waals surface area contributed by atoms with Crippen molar-refractivity contribution in [3.8, 4) is 0 Å². The first-order chi connectivity index (χ1) is 7.00. The minimum atomic E-state index is -1.03. The van der Waals surface area contributed by atoms with Crippen LogP contribution in [0.15, 0.2) is 24.3 Å². The number of nitrogens with two attached hydrogens (primary N) is 1. The molecule has 0 bridgehead atoms. The number of benzene rings is 1. The number of rotatable bonds is 4. The van der Waals surface area contributed by atoms with Crippen LogP contribution in [0.4, 0.5) is 5.69 Å². The van der Waals surface area contributed by atoms with Gasteiger partial charge in [-0.2, -0.15) is 0 Å². The van der Waals surface area contributed by atoms with Gasteiger partial charge >= 0.3 is 5.97 Å². The lowest BCUT2D eigenvalue weighted by molar-refractivity contribution is -0.384. The second kappa shape index (κ2) is 4.52. The second-order valence-corrected chi connectivity index (χ2v) is 3.06. The molecule has 0 aromatic heterocycles. The van der Waals surface area contributed by atoms with E-state index in [4.69, 9.17) is 10.8 Å². The zero-order valence-electron chi connectivity index (χ0n) is 7.79. The molecule has 0 saturated carbocycles. The molecule has 0 aliphatic heterocycles. The van der Waals surface area contributed by atoms with E-state index in [2.05, 4.69) is 0 Å². The van der Waals surface area contributed by atoms with Crippen LogP contribution in [0.1, 0.15) is 18.0 Å². The average Bonchev–Trinajstić information content (AvgIpc) is 2.17. The molecule has 1 unspecified atom stereocenters. The molecule has 6 nitrogen and oxygen atoms in total. The van der Waals surface area contributed by atoms with E-state index in [0.717, 1.165) is 0 Å². The normalized spacial score (nSPS) is 12.1. The highest BCUT2D eigenvalue weighted by Crippen LogP contribution is 2.19. The summed E-state index contributed by atoms with van der Waals surface area (Å²) in [6, 6.07) is 4.95. The fraction of sp³-hybridized carbons (Fsp3) is 0.222. The van der Waals surface area contributed by atoms with Crippen molar-refractivity contribution < 1.29 is 14.8 Å². The number of carboxylic acids is 1. The Morgan fingerprint density at radius 1 is 1.60 bits per heavy atom. The summed E-state index contributed by atoms with van der Waals surface area (Å²) in [6.45, 7) is 0. The van der Waals surface area contributed by atoms with E-state index >= 15 is 0 Å². The number of hydrogen-bond donors (Lipinski definition) is 2. The second-order valence-electron chi connectivity index (χ2n) is 3.06. The molecule has 1 atom stereocenters. The van der Waals surface area contributed by atoms with Crippen molar-refractivity contribution in [1.82, 2.24) is 0 Å². The molecule has 0 heterocycles. The molecule has 15 heavy (non-hydrogen) atoms. The lowest BCUT2D eigenvalue weighted by Gasteiger charge is -2.08. The summed E-state index contributed by atoms with van der Waals surface area (Å²) in [7, 11) is 0. The average molecular weight is 210 g/mol. The summed E-state index contributed by atoms with van der Waals surface area (Å²) in [5.41, 5.74) is 5.92. The molecule has 0 aliphatic rings. The van der Waals surface area contributed by atoms with Crippen LogP contribution in [0.2, 0.25) is 0 Å². The summed E-state index contributed by atoms with van der Waals surface area (Å²) in [5, 5.41) is 19.0. The highest BCUT2D eigenvalue weighted by atomic mass is 16.6. The van der Waals surface area contributed by atoms with Gasteiger partial charge in [-0.05, 0) is 5.56 Å². The predicted octanol–water partition coefficient (Wildman–Crippen LogP) is 1.07. The summed E-state index contributed by atoms with van der Waals surface area (Å²) in [6.07, 6.45) is -0.249. The quantitative estimate of drug-likeness (QED) is 0.571. The van der Waals surface area contributed by atoms with Gasteiger partial charge in [0.1, 0.15) is 0 Å². The Hall–Kier alpha value is -1.95. The van der Waals surface area contributed by atoms with Crippen molar-refractivity contribution in [3.63, 3.8) is 0 Å². The minimum absolute atomic E-state index is 0.0895. The minimum Gasteiger partial charge on any atom is -0.481 e. The fourth-order valence-corrected chi connectivity index (χ4v) is 1.17. The topological polar surface area (TPSA) is 106 Å². The van der Waals surface area contributed by atoms with Crippen LogP contribution >= 0.6 is 0 Å². The molecular weight excluding hydrogens is 200 g/mol. The molecule has 0 saturated heterocycles. The van der Waals surface area contributed by atoms with Crippen LogP contribution in [0.25, 0.3) is 0 Å². The number of nitrogens with zero attached hydrogens (tertiary/aromatic N) is 1. The third kappa shape index (κ3) is 3.03. The van der Waals surface area contributed by atoms with Gasteiger partial charge in [0, 0.05) is 18.2 Å². The van der Waals surface area contributed by atoms with Crippen LogP contribution in [0.3, 0.4) is 0 Å². The van der Waals surface area contributed by atoms with Gasteiger partial charge in [0.15, 0.2) is 0 Å². The largest absolute Gasteiger partial charge is 0.481 e. The Labute approximate surface area is 85.5 Å². The van der Waals surface area contributed by atoms with Gasteiger partial charge in [-0.3, -0.25) is 14.9 Å². The number of nitro benzene ring substituents is 1. The fourth-order valence-electron chi connectivity index (χ4n) is 1.17. The maximum Gasteiger partial charge on any atom is 0.305 e. The first-order valence-electron chi connectivity index (χ1n) is 4.22. The molecule has 0 aliphatic carbocycles. The predicted molar refractivity (Wildman–Crippen MR) is 52.3 cm³/mol. The number of hydrogen-bond acceptors (Lipinski definition) is 4. The van der Waals surface area contributed by atoms with Crippen LogP contribution in [-0.2, 0) is 4.79 Å². The van der Waals surface area contributed by atoms with E-state index in [1.165, 1.54) is 18.2 Å². The Morgan fingerprint density at radius 2 is 2.27 bits per heavy atom. The summed E-state index contributed by atoms with van der Waals surface area (Å²) >= 11 is 0. The standard InChI is InChI=1S/C9H10N2O4/c10-8(5-9(12)13)6-2-1-3-7(4-6)11(14)15/h1-4,8H,5,10H2,(H,12,13). The van der Waals surface area contributed by atoms with E-state index < -0.39 is 16.9 Å². The first-order valence-corrected chi connectivity index (χ1v) is 4.22. The van der Waals surface area contributed by atoms with Gasteiger partial charge < -0.3 is 10.8 Å². The number of non-ortho nitro benzene ring substituents is 1. The molecule has 1 rings (SSSR count). The molecule has 0 fully saturated rings. The van der Waals surface area contributed by atoms with E-state index in [1.54, 1.807) is 6.07 Å². The van der Waals surface area contributed by atoms with Crippen LogP contribution in [0.5, 0.6) is 0 Å². The van der Waals surface area contributed by atoms with Gasteiger partial charge in [-0.15, -0.1) is 0 Å². The zero-order chi connectivity index (χ0) is 11.4. The van der Waals surface area contributed by atoms with Crippen LogP contribution in [-0.4, -0.2) is 16.0 Å². The zero-order valence-corrected chi connectivity index (χ0v) is 7.79. The highest BCUT2D eigenvalue weighted by Gasteiger charge is 2.13. The van der Waals surface area contributed by atoms with Crippen molar-refractivity contribution in [2.24, 2.45) is 5.73 Å². The Morgan fingerprint density at radius 3 is 2.80 bits per heavy atom. The summed E-state index contributed by atoms with van der Waals surface area (Å²) in [5.74, 6) is -1.03. The number of nitro groups is 1. The molecular formula is C9H10N2O4. The van der Waals surface area contributed by atoms with E-state index in [1.807, 2.05) is 0 Å². The molecule has 0 amide bonds. The van der Waals surface area contributed by atoms with Gasteiger partial charge in [0.05, 0.1) is 11.3 Å². The summed E-state index contributed by atoms with van der Waals surface area (Å²) < 4.78 is 0. The molecule has 0 spiro atoms. The van der Waals surface area contributed by atoms with Gasteiger partial charge in [0.25, 0.3) is 5.69 Å². The third-order valence-electron chi connectivity index (χ3n) is 1.90. The lowest BCUT2D eigenvalue weighted by Crippen LogP contribution is -2.15. The van der Waals surface area contributed by atoms with E-state index in [-0.39, 0.29) is 12.1 Å². The van der Waals surface area contributed by atoms with Crippen molar-refractivity contribution >= 4 is 11.7 Å². The van der Waals surface area contributed by atoms with Gasteiger partial charge in [-0.25, -0.2) is 0 Å². The lowest BCUT2D eigenvalue weighted by atomic mass is 10.0. The monoisotopic (exact) mass is 210 g/mol. The molecule has 1 aromatic rings. The Kier molecular flexibility index (Phi) is 3.35. The van der Waals surface area contributed by atoms with Crippen LogP contribution < -0.4 is 5.73 Å². The Bertz CT molecular complexity index is 391. The highest BCUT2D eigenvalue weighted by molar-refractivity contribution is 5.68. The maximum atomic E-state index is 10.4. The molecule has 80 valence electrons. The molecule has 3 N–H and O–H groups in total. The van der Waals surface area contributed by atoms with Gasteiger partial charge in [-0.1, -0.05) is 12.1 Å². The third-order valence-corrected chi connectivity index (χ3v) is 1.90. The van der Waals surface area contributed by atoms with Crippen molar-refractivity contribution in [3.05, 3.63) is 39.9 Å². The number of carbonyl (C=O) groups is 1. The van der Waals surface area contributed by atoms with Crippen LogP contribution in [0, 0.1) is 10.1 Å². The molecule has 6 heteroatoms. The van der Waals surface area contributed by atoms with Crippen molar-refractivity contribution in [2.75, 3.05) is 0 Å². The maximum absolute atomic E-state index is 10.4. The molecule has 1 aromatic carbocycles. The van der Waals surface area contributed by atoms with Gasteiger partial charge in [0.2, 0.25) is 0 Å². The molecule has 0 radical (unpaired) electrons. The smallest absolute Gasteiger partial charge is 0.305 e. The van der Waals surface area contributed by atoms with Crippen molar-refractivity contribution in [1.29, 1.82) is 0 Å². The SMILES string of the molecule is NC(CC(=O)O)c1cccc([N+](=O)[O-])c1. The number of aliphatic carboxylic acids is 1. The van der Waals surface area contributed by atoms with E-state index in [0.29, 0.717) is 5.56 Å². The number of carboxylic acid groups (broad SMARTS) is 1. The first kappa shape index (κ1) is 11.1. The Balaban J connectivity index is 2.89.